The SMILES string of the molecule is O=C1NC(=S)S/C1=C/c1cc2cncc(-c3ccc(C(=O)O)c(F)c3)c2o1. The highest BCUT2D eigenvalue weighted by atomic mass is 32.2. The Hall–Kier alpha value is -3.04. The van der Waals surface area contributed by atoms with Crippen molar-refractivity contribution in [1.29, 1.82) is 0 Å². The van der Waals surface area contributed by atoms with Crippen LogP contribution in [0.25, 0.3) is 28.2 Å². The van der Waals surface area contributed by atoms with Gasteiger partial charge in [0.1, 0.15) is 21.5 Å². The average molecular weight is 400 g/mol. The molecule has 9 heteroatoms. The Kier molecular flexibility index (Phi) is 4.25. The third-order valence-corrected chi connectivity index (χ3v) is 5.03. The standard InChI is InChI=1S/C18H9FN2O4S2/c19-13-4-8(1-2-11(13)17(23)24)12-7-20-6-9-3-10(25-15(9)12)5-14-16(22)21-18(26)27-14/h1-7H,(H,23,24)(H,21,22,26)/b14-5+. The van der Waals surface area contributed by atoms with Crippen molar-refractivity contribution in [2.24, 2.45) is 0 Å². The number of nitrogens with zero attached hydrogens (tertiary/aromatic N) is 1. The second kappa shape index (κ2) is 6.60. The van der Waals surface area contributed by atoms with Gasteiger partial charge in [0.25, 0.3) is 5.91 Å². The van der Waals surface area contributed by atoms with Crippen LogP contribution >= 0.6 is 24.0 Å². The van der Waals surface area contributed by atoms with E-state index in [0.717, 1.165) is 17.8 Å². The van der Waals surface area contributed by atoms with Gasteiger partial charge in [0.05, 0.1) is 10.5 Å². The lowest BCUT2D eigenvalue weighted by Gasteiger charge is -2.04. The van der Waals surface area contributed by atoms with Crippen LogP contribution in [0.3, 0.4) is 0 Å². The molecule has 1 aliphatic rings. The number of pyridine rings is 1. The smallest absolute Gasteiger partial charge is 0.338 e. The van der Waals surface area contributed by atoms with E-state index < -0.39 is 17.3 Å². The number of thioether (sulfide) groups is 1. The molecule has 27 heavy (non-hydrogen) atoms. The first-order valence-corrected chi connectivity index (χ1v) is 8.80. The van der Waals surface area contributed by atoms with E-state index >= 15 is 0 Å². The zero-order chi connectivity index (χ0) is 19.1. The number of nitrogens with one attached hydrogen (secondary N) is 1. The molecule has 3 aromatic rings. The van der Waals surface area contributed by atoms with Gasteiger partial charge >= 0.3 is 5.97 Å². The van der Waals surface area contributed by atoms with E-state index in [2.05, 4.69) is 10.3 Å². The van der Waals surface area contributed by atoms with Crippen LogP contribution in [-0.4, -0.2) is 26.3 Å². The maximum Gasteiger partial charge on any atom is 0.338 e. The zero-order valence-corrected chi connectivity index (χ0v) is 15.0. The molecule has 0 unspecified atom stereocenters. The summed E-state index contributed by atoms with van der Waals surface area (Å²) in [6.45, 7) is 0. The first-order valence-electron chi connectivity index (χ1n) is 7.58. The molecule has 6 nitrogen and oxygen atoms in total. The molecule has 1 amide bonds. The van der Waals surface area contributed by atoms with Crippen molar-refractivity contribution >= 4 is 57.2 Å². The maximum atomic E-state index is 14.0. The fraction of sp³-hybridized carbons (Fsp3) is 0. The number of hydrogen-bond donors (Lipinski definition) is 2. The molecule has 1 saturated heterocycles. The van der Waals surface area contributed by atoms with E-state index in [4.69, 9.17) is 21.7 Å². The summed E-state index contributed by atoms with van der Waals surface area (Å²) >= 11 is 6.09. The van der Waals surface area contributed by atoms with E-state index in [1.165, 1.54) is 18.3 Å². The Morgan fingerprint density at radius 1 is 1.33 bits per heavy atom. The summed E-state index contributed by atoms with van der Waals surface area (Å²) in [5.74, 6) is -2.06. The molecule has 0 saturated carbocycles. The minimum Gasteiger partial charge on any atom is -0.478 e. The molecule has 1 fully saturated rings. The Balaban J connectivity index is 1.79. The summed E-state index contributed by atoms with van der Waals surface area (Å²) in [5, 5.41) is 12.1. The lowest BCUT2D eigenvalue weighted by atomic mass is 10.0. The van der Waals surface area contributed by atoms with Crippen LogP contribution in [0, 0.1) is 5.82 Å². The average Bonchev–Trinajstić information content (AvgIpc) is 3.16. The van der Waals surface area contributed by atoms with Crippen LogP contribution in [-0.2, 0) is 4.79 Å². The van der Waals surface area contributed by atoms with Gasteiger partial charge in [-0.05, 0) is 23.8 Å². The van der Waals surface area contributed by atoms with Crippen molar-refractivity contribution in [3.8, 4) is 11.1 Å². The summed E-state index contributed by atoms with van der Waals surface area (Å²) < 4.78 is 20.2. The van der Waals surface area contributed by atoms with Gasteiger partial charge in [0.2, 0.25) is 0 Å². The van der Waals surface area contributed by atoms with Crippen LogP contribution in [0.5, 0.6) is 0 Å². The molecule has 0 aliphatic carbocycles. The van der Waals surface area contributed by atoms with E-state index in [0.29, 0.717) is 37.1 Å². The summed E-state index contributed by atoms with van der Waals surface area (Å²) in [5.41, 5.74) is 0.972. The minimum atomic E-state index is -1.34. The van der Waals surface area contributed by atoms with Gasteiger partial charge in [0, 0.05) is 29.4 Å². The number of hydrogen-bond acceptors (Lipinski definition) is 6. The topological polar surface area (TPSA) is 92.4 Å². The first kappa shape index (κ1) is 17.4. The van der Waals surface area contributed by atoms with E-state index in [1.807, 2.05) is 0 Å². The van der Waals surface area contributed by atoms with Crippen LogP contribution in [0.4, 0.5) is 4.39 Å². The van der Waals surface area contributed by atoms with E-state index in [1.54, 1.807) is 18.3 Å². The molecule has 2 N–H and O–H groups in total. The maximum absolute atomic E-state index is 14.0. The molecule has 3 heterocycles. The third kappa shape index (κ3) is 3.22. The highest BCUT2D eigenvalue weighted by molar-refractivity contribution is 8.26. The Morgan fingerprint density at radius 2 is 2.15 bits per heavy atom. The van der Waals surface area contributed by atoms with Gasteiger partial charge in [-0.3, -0.25) is 9.78 Å². The number of furan rings is 1. The van der Waals surface area contributed by atoms with E-state index in [-0.39, 0.29) is 5.91 Å². The number of carboxylic acids is 1. The summed E-state index contributed by atoms with van der Waals surface area (Å²) in [7, 11) is 0. The second-order valence-electron chi connectivity index (χ2n) is 5.61. The predicted octanol–water partition coefficient (Wildman–Crippen LogP) is 3.82. The molecule has 2 aromatic heterocycles. The molecule has 134 valence electrons. The summed E-state index contributed by atoms with van der Waals surface area (Å²) in [4.78, 5) is 27.3. The van der Waals surface area contributed by atoms with Gasteiger partial charge in [-0.25, -0.2) is 9.18 Å². The van der Waals surface area contributed by atoms with Gasteiger partial charge < -0.3 is 14.8 Å². The van der Waals surface area contributed by atoms with Gasteiger partial charge in [0.15, 0.2) is 0 Å². The fourth-order valence-corrected chi connectivity index (χ4v) is 3.69. The number of thiocarbonyl (C=S) groups is 1. The van der Waals surface area contributed by atoms with Gasteiger partial charge in [-0.2, -0.15) is 0 Å². The molecule has 0 bridgehead atoms. The van der Waals surface area contributed by atoms with Crippen molar-refractivity contribution < 1.29 is 23.5 Å². The lowest BCUT2D eigenvalue weighted by molar-refractivity contribution is -0.115. The quantitative estimate of drug-likeness (QED) is 0.510. The highest BCUT2D eigenvalue weighted by Gasteiger charge is 2.23. The first-order chi connectivity index (χ1) is 12.9. The van der Waals surface area contributed by atoms with Crippen LogP contribution in [0.1, 0.15) is 16.1 Å². The number of carboxylic acid groups (broad SMARTS) is 1. The molecule has 0 atom stereocenters. The minimum absolute atomic E-state index is 0.296. The van der Waals surface area contributed by atoms with Crippen molar-refractivity contribution in [2.75, 3.05) is 0 Å². The monoisotopic (exact) mass is 400 g/mol. The van der Waals surface area contributed by atoms with Crippen molar-refractivity contribution in [3.05, 3.63) is 58.7 Å². The van der Waals surface area contributed by atoms with E-state index in [9.17, 15) is 14.0 Å². The van der Waals surface area contributed by atoms with Gasteiger partial charge in [-0.15, -0.1) is 0 Å². The number of rotatable bonds is 3. The Morgan fingerprint density at radius 3 is 2.81 bits per heavy atom. The number of benzene rings is 1. The highest BCUT2D eigenvalue weighted by Crippen LogP contribution is 2.33. The number of carbonyl (C=O) groups is 2. The van der Waals surface area contributed by atoms with Crippen LogP contribution < -0.4 is 5.32 Å². The molecule has 1 aromatic carbocycles. The van der Waals surface area contributed by atoms with Crippen molar-refractivity contribution in [1.82, 2.24) is 10.3 Å². The van der Waals surface area contributed by atoms with Crippen LogP contribution in [0.15, 0.2) is 46.0 Å². The summed E-state index contributed by atoms with van der Waals surface area (Å²) in [6.07, 6.45) is 4.65. The molecule has 0 spiro atoms. The molecular formula is C18H9FN2O4S2. The number of aromatic nitrogens is 1. The number of fused-ring (bicyclic) bond motifs is 1. The molecular weight excluding hydrogens is 391 g/mol. The normalized spacial score (nSPS) is 15.5. The summed E-state index contributed by atoms with van der Waals surface area (Å²) in [6, 6.07) is 5.51. The second-order valence-corrected chi connectivity index (χ2v) is 7.33. The number of carbonyl (C=O) groups excluding carboxylic acids is 1. The van der Waals surface area contributed by atoms with Crippen molar-refractivity contribution in [2.45, 2.75) is 0 Å². The Labute approximate surface area is 161 Å². The van der Waals surface area contributed by atoms with Gasteiger partial charge in [-0.1, -0.05) is 30.0 Å². The Bertz CT molecular complexity index is 1170. The molecule has 1 aliphatic heterocycles. The fourth-order valence-electron chi connectivity index (χ4n) is 2.67. The van der Waals surface area contributed by atoms with Crippen LogP contribution in [0.2, 0.25) is 0 Å². The predicted molar refractivity (Wildman–Crippen MR) is 103 cm³/mol. The number of aromatic carboxylic acids is 1. The molecule has 0 radical (unpaired) electrons. The third-order valence-electron chi connectivity index (χ3n) is 3.87. The number of amides is 1. The number of halogens is 1. The lowest BCUT2D eigenvalue weighted by Crippen LogP contribution is -2.17. The largest absolute Gasteiger partial charge is 0.478 e. The van der Waals surface area contributed by atoms with Crippen molar-refractivity contribution in [3.63, 3.8) is 0 Å². The zero-order valence-electron chi connectivity index (χ0n) is 13.4. The molecule has 4 rings (SSSR count).